The molecule has 0 saturated carbocycles. The van der Waals surface area contributed by atoms with Crippen LogP contribution in [0.15, 0.2) is 54.7 Å². The van der Waals surface area contributed by atoms with Crippen molar-refractivity contribution in [3.63, 3.8) is 0 Å². The predicted molar refractivity (Wildman–Crippen MR) is 97.8 cm³/mol. The number of fused-ring (bicyclic) bond motifs is 1. The number of aromatic nitrogens is 2. The topological polar surface area (TPSA) is 41.6 Å². The molecule has 2 aromatic carbocycles. The average molecular weight is 317 g/mol. The van der Waals surface area contributed by atoms with Crippen LogP contribution >= 0.6 is 0 Å². The maximum absolute atomic E-state index is 9.71. The third-order valence-electron chi connectivity index (χ3n) is 4.58. The fraction of sp³-hybridized carbons (Fsp3) is 0.333. The molecule has 0 N–H and O–H groups in total. The van der Waals surface area contributed by atoms with Crippen molar-refractivity contribution in [2.75, 3.05) is 0 Å². The molecule has 0 fully saturated rings. The van der Waals surface area contributed by atoms with Crippen LogP contribution in [-0.2, 0) is 0 Å². The maximum Gasteiger partial charge on any atom is 0.0693 e. The zero-order valence-corrected chi connectivity index (χ0v) is 14.7. The van der Waals surface area contributed by atoms with E-state index in [0.717, 1.165) is 16.5 Å². The van der Waals surface area contributed by atoms with Crippen molar-refractivity contribution in [2.24, 2.45) is 5.41 Å². The number of nitrogens with zero attached hydrogens (tertiary/aromatic N) is 3. The Morgan fingerprint density at radius 3 is 2.38 bits per heavy atom. The predicted octanol–water partition coefficient (Wildman–Crippen LogP) is 5.30. The van der Waals surface area contributed by atoms with E-state index in [0.29, 0.717) is 6.04 Å². The van der Waals surface area contributed by atoms with Gasteiger partial charge in [-0.2, -0.15) is 10.4 Å². The van der Waals surface area contributed by atoms with Gasteiger partial charge in [-0.3, -0.25) is 4.68 Å². The average Bonchev–Trinajstić information content (AvgIpc) is 2.99. The summed E-state index contributed by atoms with van der Waals surface area (Å²) in [5.41, 5.74) is 2.96. The minimum atomic E-state index is -0.497. The van der Waals surface area contributed by atoms with Gasteiger partial charge in [-0.1, -0.05) is 36.4 Å². The summed E-state index contributed by atoms with van der Waals surface area (Å²) < 4.78 is 2.03. The van der Waals surface area contributed by atoms with E-state index in [4.69, 9.17) is 0 Å². The van der Waals surface area contributed by atoms with E-state index in [1.54, 1.807) is 0 Å². The molecule has 1 aromatic heterocycles. The van der Waals surface area contributed by atoms with Gasteiger partial charge in [0.1, 0.15) is 0 Å². The van der Waals surface area contributed by atoms with Gasteiger partial charge in [0.2, 0.25) is 0 Å². The summed E-state index contributed by atoms with van der Waals surface area (Å²) in [7, 11) is 0. The van der Waals surface area contributed by atoms with Gasteiger partial charge in [0.25, 0.3) is 0 Å². The Balaban J connectivity index is 2.15. The van der Waals surface area contributed by atoms with Gasteiger partial charge < -0.3 is 0 Å². The minimum absolute atomic E-state index is 0.0236. The summed E-state index contributed by atoms with van der Waals surface area (Å²) in [6.07, 6.45) is 1.92. The maximum atomic E-state index is 9.71. The Labute approximate surface area is 143 Å². The lowest BCUT2D eigenvalue weighted by Gasteiger charge is -2.29. The summed E-state index contributed by atoms with van der Waals surface area (Å²) >= 11 is 0. The zero-order chi connectivity index (χ0) is 17.3. The Morgan fingerprint density at radius 1 is 1.04 bits per heavy atom. The summed E-state index contributed by atoms with van der Waals surface area (Å²) in [5.74, 6) is 0.0236. The minimum Gasteiger partial charge on any atom is -0.262 e. The summed E-state index contributed by atoms with van der Waals surface area (Å²) in [6, 6.07) is 19.5. The van der Waals surface area contributed by atoms with Crippen LogP contribution in [0.2, 0.25) is 0 Å². The van der Waals surface area contributed by atoms with Crippen molar-refractivity contribution in [2.45, 2.75) is 39.7 Å². The van der Waals surface area contributed by atoms with Crippen LogP contribution < -0.4 is 0 Å². The molecule has 1 heterocycles. The van der Waals surface area contributed by atoms with Crippen LogP contribution in [0, 0.1) is 16.7 Å². The third-order valence-corrected chi connectivity index (χ3v) is 4.58. The molecule has 0 aliphatic rings. The first-order valence-corrected chi connectivity index (χ1v) is 8.37. The molecule has 3 rings (SSSR count). The molecule has 24 heavy (non-hydrogen) atoms. The van der Waals surface area contributed by atoms with E-state index in [2.05, 4.69) is 55.3 Å². The van der Waals surface area contributed by atoms with Crippen LogP contribution in [0.3, 0.4) is 0 Å². The molecular formula is C21H23N3. The van der Waals surface area contributed by atoms with E-state index in [1.807, 2.05) is 42.9 Å². The quantitative estimate of drug-likeness (QED) is 0.655. The summed E-state index contributed by atoms with van der Waals surface area (Å²) in [6.45, 7) is 8.27. The van der Waals surface area contributed by atoms with Crippen molar-refractivity contribution in [1.29, 1.82) is 5.26 Å². The normalized spacial score (nSPS) is 13.2. The van der Waals surface area contributed by atoms with Gasteiger partial charge >= 0.3 is 0 Å². The molecule has 0 aliphatic carbocycles. The molecule has 0 amide bonds. The fourth-order valence-corrected chi connectivity index (χ4v) is 3.40. The SMILES string of the molecule is CC(C)n1ncc2cc(C(c3ccccc3)C(C)(C)C#N)ccc21. The van der Waals surface area contributed by atoms with Gasteiger partial charge in [-0.25, -0.2) is 0 Å². The second-order valence-electron chi connectivity index (χ2n) is 7.18. The summed E-state index contributed by atoms with van der Waals surface area (Å²) in [4.78, 5) is 0. The van der Waals surface area contributed by atoms with Crippen molar-refractivity contribution in [3.05, 3.63) is 65.9 Å². The molecule has 0 aliphatic heterocycles. The molecule has 3 nitrogen and oxygen atoms in total. The first-order chi connectivity index (χ1) is 11.4. The molecule has 1 atom stereocenters. The largest absolute Gasteiger partial charge is 0.262 e. The Kier molecular flexibility index (Phi) is 4.15. The number of hydrogen-bond acceptors (Lipinski definition) is 2. The second kappa shape index (κ2) is 6.13. The lowest BCUT2D eigenvalue weighted by molar-refractivity contribution is 0.431. The van der Waals surface area contributed by atoms with Crippen molar-refractivity contribution in [3.8, 4) is 6.07 Å². The van der Waals surface area contributed by atoms with E-state index in [-0.39, 0.29) is 5.92 Å². The first-order valence-electron chi connectivity index (χ1n) is 8.37. The fourth-order valence-electron chi connectivity index (χ4n) is 3.40. The Bertz CT molecular complexity index is 882. The van der Waals surface area contributed by atoms with Crippen molar-refractivity contribution < 1.29 is 0 Å². The van der Waals surface area contributed by atoms with E-state index in [9.17, 15) is 5.26 Å². The van der Waals surface area contributed by atoms with Gasteiger partial charge in [0, 0.05) is 17.3 Å². The Hall–Kier alpha value is -2.60. The van der Waals surface area contributed by atoms with Crippen molar-refractivity contribution in [1.82, 2.24) is 9.78 Å². The number of benzene rings is 2. The van der Waals surface area contributed by atoms with Crippen LogP contribution in [0.5, 0.6) is 0 Å². The molecule has 3 aromatic rings. The van der Waals surface area contributed by atoms with E-state index in [1.165, 1.54) is 5.56 Å². The van der Waals surface area contributed by atoms with Gasteiger partial charge in [-0.05, 0) is 51.0 Å². The lowest BCUT2D eigenvalue weighted by atomic mass is 9.72. The molecule has 0 spiro atoms. The van der Waals surface area contributed by atoms with Crippen LogP contribution in [-0.4, -0.2) is 9.78 Å². The van der Waals surface area contributed by atoms with Crippen molar-refractivity contribution >= 4 is 10.9 Å². The molecule has 0 bridgehead atoms. The molecular weight excluding hydrogens is 294 g/mol. The Morgan fingerprint density at radius 2 is 1.75 bits per heavy atom. The number of nitriles is 1. The standard InChI is InChI=1S/C21H23N3/c1-15(2)24-19-11-10-17(12-18(19)13-23-24)20(21(3,4)14-22)16-8-6-5-7-9-16/h5-13,15,20H,1-4H3. The molecule has 0 radical (unpaired) electrons. The molecule has 122 valence electrons. The smallest absolute Gasteiger partial charge is 0.0693 e. The zero-order valence-electron chi connectivity index (χ0n) is 14.7. The highest BCUT2D eigenvalue weighted by Crippen LogP contribution is 2.41. The molecule has 1 unspecified atom stereocenters. The first kappa shape index (κ1) is 16.3. The number of rotatable bonds is 4. The number of hydrogen-bond donors (Lipinski definition) is 0. The summed E-state index contributed by atoms with van der Waals surface area (Å²) in [5, 5.41) is 15.3. The van der Waals surface area contributed by atoms with E-state index < -0.39 is 5.41 Å². The highest BCUT2D eigenvalue weighted by atomic mass is 15.3. The van der Waals surface area contributed by atoms with E-state index >= 15 is 0 Å². The third kappa shape index (κ3) is 2.80. The van der Waals surface area contributed by atoms with Gasteiger partial charge in [0.05, 0.1) is 23.2 Å². The highest BCUT2D eigenvalue weighted by molar-refractivity contribution is 5.80. The van der Waals surface area contributed by atoms with Crippen LogP contribution in [0.4, 0.5) is 0 Å². The van der Waals surface area contributed by atoms with Gasteiger partial charge in [0.15, 0.2) is 0 Å². The second-order valence-corrected chi connectivity index (χ2v) is 7.18. The molecule has 0 saturated heterocycles. The van der Waals surface area contributed by atoms with Crippen LogP contribution in [0.1, 0.15) is 50.8 Å². The monoisotopic (exact) mass is 317 g/mol. The molecule has 3 heteroatoms. The van der Waals surface area contributed by atoms with Gasteiger partial charge in [-0.15, -0.1) is 0 Å². The lowest BCUT2D eigenvalue weighted by Crippen LogP contribution is -2.21. The highest BCUT2D eigenvalue weighted by Gasteiger charge is 2.32. The van der Waals surface area contributed by atoms with Crippen LogP contribution in [0.25, 0.3) is 10.9 Å².